The standard InChI is InChI=1S/C22H24ClFN2O4S/c1-3-19(14-9-10-17(23)18(24)13-14)25-21(27)20-8-5-11-26(20)22(28)15-6-4-7-16(12-15)31(2,29)30/h4,6-7,9-10,12-13,19-20H,3,5,8,11H2,1-2H3,(H,25,27)/t19?,20-/m1/s1. The molecule has 3 rings (SSSR count). The summed E-state index contributed by atoms with van der Waals surface area (Å²) in [5, 5.41) is 2.91. The van der Waals surface area contributed by atoms with Crippen molar-refractivity contribution in [1.29, 1.82) is 0 Å². The van der Waals surface area contributed by atoms with Gasteiger partial charge in [-0.2, -0.15) is 0 Å². The predicted octanol–water partition coefficient (Wildman–Crippen LogP) is 3.75. The first-order valence-electron chi connectivity index (χ1n) is 9.98. The summed E-state index contributed by atoms with van der Waals surface area (Å²) >= 11 is 5.75. The number of hydrogen-bond donors (Lipinski definition) is 1. The third kappa shape index (κ3) is 5.25. The number of nitrogens with zero attached hydrogens (tertiary/aromatic N) is 1. The van der Waals surface area contributed by atoms with Crippen LogP contribution in [0.15, 0.2) is 47.4 Å². The van der Waals surface area contributed by atoms with Crippen LogP contribution in [-0.2, 0) is 14.6 Å². The van der Waals surface area contributed by atoms with Crippen molar-refractivity contribution in [2.45, 2.75) is 43.2 Å². The minimum Gasteiger partial charge on any atom is -0.348 e. The summed E-state index contributed by atoms with van der Waals surface area (Å²) < 4.78 is 37.5. The number of amides is 2. The summed E-state index contributed by atoms with van der Waals surface area (Å²) in [6.45, 7) is 2.26. The number of likely N-dealkylation sites (tertiary alicyclic amines) is 1. The van der Waals surface area contributed by atoms with Crippen LogP contribution in [0.5, 0.6) is 0 Å². The fourth-order valence-electron chi connectivity index (χ4n) is 3.73. The highest BCUT2D eigenvalue weighted by Gasteiger charge is 2.35. The number of carbonyl (C=O) groups is 2. The number of benzene rings is 2. The van der Waals surface area contributed by atoms with Gasteiger partial charge in [0.05, 0.1) is 16.0 Å². The molecule has 2 amide bonds. The Balaban J connectivity index is 1.78. The summed E-state index contributed by atoms with van der Waals surface area (Å²) in [5.74, 6) is -1.28. The molecule has 0 radical (unpaired) electrons. The summed E-state index contributed by atoms with van der Waals surface area (Å²) in [7, 11) is -3.46. The summed E-state index contributed by atoms with van der Waals surface area (Å²) in [4.78, 5) is 27.5. The van der Waals surface area contributed by atoms with E-state index in [4.69, 9.17) is 11.6 Å². The largest absolute Gasteiger partial charge is 0.348 e. The molecule has 1 fully saturated rings. The predicted molar refractivity (Wildman–Crippen MR) is 116 cm³/mol. The van der Waals surface area contributed by atoms with Gasteiger partial charge in [-0.25, -0.2) is 12.8 Å². The molecular weight excluding hydrogens is 443 g/mol. The van der Waals surface area contributed by atoms with Crippen molar-refractivity contribution in [2.24, 2.45) is 0 Å². The molecule has 2 atom stereocenters. The first kappa shape index (κ1) is 23.2. The smallest absolute Gasteiger partial charge is 0.254 e. The maximum Gasteiger partial charge on any atom is 0.254 e. The number of halogens is 2. The summed E-state index contributed by atoms with van der Waals surface area (Å²) in [6.07, 6.45) is 2.76. The number of sulfone groups is 1. The van der Waals surface area contributed by atoms with Crippen LogP contribution in [0.25, 0.3) is 0 Å². The van der Waals surface area contributed by atoms with Crippen molar-refractivity contribution in [1.82, 2.24) is 10.2 Å². The second-order valence-corrected chi connectivity index (χ2v) is 10.0. The lowest BCUT2D eigenvalue weighted by molar-refractivity contribution is -0.125. The molecule has 9 heteroatoms. The minimum absolute atomic E-state index is 0.00817. The van der Waals surface area contributed by atoms with Crippen LogP contribution in [-0.4, -0.2) is 44.0 Å². The molecule has 166 valence electrons. The van der Waals surface area contributed by atoms with Crippen LogP contribution in [0, 0.1) is 5.82 Å². The van der Waals surface area contributed by atoms with Gasteiger partial charge in [0.2, 0.25) is 5.91 Å². The van der Waals surface area contributed by atoms with Gasteiger partial charge in [-0.05, 0) is 55.2 Å². The molecular formula is C22H24ClFN2O4S. The molecule has 1 heterocycles. The molecule has 6 nitrogen and oxygen atoms in total. The Morgan fingerprint density at radius 2 is 2.00 bits per heavy atom. The summed E-state index contributed by atoms with van der Waals surface area (Å²) in [6, 6.07) is 9.10. The Morgan fingerprint density at radius 1 is 1.26 bits per heavy atom. The molecule has 1 unspecified atom stereocenters. The lowest BCUT2D eigenvalue weighted by atomic mass is 10.0. The van der Waals surface area contributed by atoms with Gasteiger partial charge in [-0.3, -0.25) is 9.59 Å². The van der Waals surface area contributed by atoms with Crippen LogP contribution >= 0.6 is 11.6 Å². The fourth-order valence-corrected chi connectivity index (χ4v) is 4.51. The van der Waals surface area contributed by atoms with Gasteiger partial charge in [0.25, 0.3) is 5.91 Å². The lowest BCUT2D eigenvalue weighted by Gasteiger charge is -2.27. The quantitative estimate of drug-likeness (QED) is 0.702. The number of carbonyl (C=O) groups excluding carboxylic acids is 2. The van der Waals surface area contributed by atoms with Crippen molar-refractivity contribution < 1.29 is 22.4 Å². The van der Waals surface area contributed by atoms with E-state index in [2.05, 4.69) is 5.32 Å². The van der Waals surface area contributed by atoms with Gasteiger partial charge < -0.3 is 10.2 Å². The maximum absolute atomic E-state index is 13.8. The second kappa shape index (κ2) is 9.36. The molecule has 0 aromatic heterocycles. The monoisotopic (exact) mass is 466 g/mol. The second-order valence-electron chi connectivity index (χ2n) is 7.60. The number of nitrogens with one attached hydrogen (secondary N) is 1. The Morgan fingerprint density at radius 3 is 2.65 bits per heavy atom. The Hall–Kier alpha value is -2.45. The van der Waals surface area contributed by atoms with E-state index in [1.165, 1.54) is 41.3 Å². The van der Waals surface area contributed by atoms with E-state index in [-0.39, 0.29) is 21.4 Å². The molecule has 0 aliphatic carbocycles. The SMILES string of the molecule is CCC(NC(=O)[C@H]1CCCN1C(=O)c1cccc(S(C)(=O)=O)c1)c1ccc(Cl)c(F)c1. The van der Waals surface area contributed by atoms with Crippen molar-refractivity contribution in [3.05, 3.63) is 64.4 Å². The molecule has 1 aliphatic rings. The van der Waals surface area contributed by atoms with Crippen LogP contribution in [0.2, 0.25) is 5.02 Å². The zero-order valence-electron chi connectivity index (χ0n) is 17.3. The van der Waals surface area contributed by atoms with Crippen LogP contribution in [0.4, 0.5) is 4.39 Å². The van der Waals surface area contributed by atoms with Crippen molar-refractivity contribution in [3.63, 3.8) is 0 Å². The van der Waals surface area contributed by atoms with Crippen LogP contribution in [0.1, 0.15) is 48.1 Å². The normalized spacial score (nSPS) is 17.4. The van der Waals surface area contributed by atoms with Gasteiger partial charge in [-0.15, -0.1) is 0 Å². The van der Waals surface area contributed by atoms with E-state index in [0.29, 0.717) is 31.4 Å². The summed E-state index contributed by atoms with van der Waals surface area (Å²) in [5.41, 5.74) is 0.809. The van der Waals surface area contributed by atoms with E-state index in [1.807, 2.05) is 6.92 Å². The highest BCUT2D eigenvalue weighted by Crippen LogP contribution is 2.25. The average molecular weight is 467 g/mol. The van der Waals surface area contributed by atoms with Crippen molar-refractivity contribution in [2.75, 3.05) is 12.8 Å². The highest BCUT2D eigenvalue weighted by atomic mass is 35.5. The average Bonchev–Trinajstić information content (AvgIpc) is 3.23. The zero-order valence-corrected chi connectivity index (χ0v) is 18.8. The number of hydrogen-bond acceptors (Lipinski definition) is 4. The van der Waals surface area contributed by atoms with Gasteiger partial charge >= 0.3 is 0 Å². The Labute approximate surface area is 186 Å². The Bertz CT molecular complexity index is 1110. The molecule has 0 bridgehead atoms. The molecule has 1 N–H and O–H groups in total. The molecule has 2 aromatic rings. The van der Waals surface area contributed by atoms with Gasteiger partial charge in [0, 0.05) is 18.4 Å². The third-order valence-corrected chi connectivity index (χ3v) is 6.81. The zero-order chi connectivity index (χ0) is 22.8. The molecule has 1 saturated heterocycles. The molecule has 31 heavy (non-hydrogen) atoms. The first-order chi connectivity index (χ1) is 14.6. The minimum atomic E-state index is -3.46. The van der Waals surface area contributed by atoms with E-state index in [1.54, 1.807) is 6.07 Å². The highest BCUT2D eigenvalue weighted by molar-refractivity contribution is 7.90. The maximum atomic E-state index is 13.8. The Kier molecular flexibility index (Phi) is 7.01. The van der Waals surface area contributed by atoms with E-state index >= 15 is 0 Å². The van der Waals surface area contributed by atoms with Crippen molar-refractivity contribution >= 4 is 33.3 Å². The lowest BCUT2D eigenvalue weighted by Crippen LogP contribution is -2.46. The first-order valence-corrected chi connectivity index (χ1v) is 12.2. The van der Waals surface area contributed by atoms with E-state index < -0.39 is 33.6 Å². The molecule has 0 saturated carbocycles. The topological polar surface area (TPSA) is 83.6 Å². The van der Waals surface area contributed by atoms with Gasteiger partial charge in [0.15, 0.2) is 9.84 Å². The number of rotatable bonds is 6. The van der Waals surface area contributed by atoms with Crippen LogP contribution < -0.4 is 5.32 Å². The fraction of sp³-hybridized carbons (Fsp3) is 0.364. The van der Waals surface area contributed by atoms with E-state index in [9.17, 15) is 22.4 Å². The van der Waals surface area contributed by atoms with E-state index in [0.717, 1.165) is 6.26 Å². The molecule has 2 aromatic carbocycles. The molecule has 0 spiro atoms. The van der Waals surface area contributed by atoms with Gasteiger partial charge in [-0.1, -0.05) is 30.7 Å². The molecule has 1 aliphatic heterocycles. The third-order valence-electron chi connectivity index (χ3n) is 5.40. The van der Waals surface area contributed by atoms with Crippen LogP contribution in [0.3, 0.4) is 0 Å². The van der Waals surface area contributed by atoms with Crippen molar-refractivity contribution in [3.8, 4) is 0 Å². The van der Waals surface area contributed by atoms with Gasteiger partial charge in [0.1, 0.15) is 11.9 Å².